The molecule has 1 heterocycles. The zero-order valence-corrected chi connectivity index (χ0v) is 16.6. The number of aliphatic imine (C=N–C) groups is 1. The van der Waals surface area contributed by atoms with Crippen LogP contribution in [-0.4, -0.2) is 23.5 Å². The molecular weight excluding hydrogens is 393 g/mol. The highest BCUT2D eigenvalue weighted by Crippen LogP contribution is 2.36. The lowest BCUT2D eigenvalue weighted by Crippen LogP contribution is -2.29. The Morgan fingerprint density at radius 2 is 2.04 bits per heavy atom. The van der Waals surface area contributed by atoms with Gasteiger partial charge in [0.05, 0.1) is 15.0 Å². The van der Waals surface area contributed by atoms with E-state index in [9.17, 15) is 9.59 Å². The quantitative estimate of drug-likeness (QED) is 0.680. The van der Waals surface area contributed by atoms with Gasteiger partial charge in [-0.25, -0.2) is 4.99 Å². The van der Waals surface area contributed by atoms with Crippen LogP contribution in [-0.2, 0) is 9.59 Å². The first kappa shape index (κ1) is 19.3. The largest absolute Gasteiger partial charge is 0.352 e. The normalized spacial score (nSPS) is 20.3. The Morgan fingerprint density at radius 3 is 2.65 bits per heavy atom. The van der Waals surface area contributed by atoms with E-state index in [1.165, 1.54) is 0 Å². The van der Waals surface area contributed by atoms with Crippen LogP contribution in [0.2, 0.25) is 10.0 Å². The fourth-order valence-corrected chi connectivity index (χ4v) is 3.93. The number of nitrogens with zero attached hydrogens (tertiary/aromatic N) is 1. The summed E-state index contributed by atoms with van der Waals surface area (Å²) in [6, 6.07) is 5.08. The Morgan fingerprint density at radius 1 is 1.35 bits per heavy atom. The molecule has 26 heavy (non-hydrogen) atoms. The van der Waals surface area contributed by atoms with Gasteiger partial charge in [0.1, 0.15) is 5.69 Å². The molecule has 1 saturated carbocycles. The Bertz CT molecular complexity index is 783. The van der Waals surface area contributed by atoms with Gasteiger partial charge in [-0.3, -0.25) is 9.59 Å². The zero-order chi connectivity index (χ0) is 18.7. The average molecular weight is 412 g/mol. The van der Waals surface area contributed by atoms with Gasteiger partial charge < -0.3 is 10.6 Å². The molecule has 0 aromatic heterocycles. The molecule has 2 aliphatic rings. The second-order valence-electron chi connectivity index (χ2n) is 6.25. The van der Waals surface area contributed by atoms with Gasteiger partial charge in [0, 0.05) is 12.1 Å². The molecule has 8 heteroatoms. The van der Waals surface area contributed by atoms with Gasteiger partial charge in [-0.1, -0.05) is 42.6 Å². The Hall–Kier alpha value is -1.50. The van der Waals surface area contributed by atoms with Crippen LogP contribution in [0.1, 0.15) is 32.6 Å². The fourth-order valence-electron chi connectivity index (χ4n) is 2.52. The number of benzene rings is 1. The number of hydrogen-bond donors (Lipinski definition) is 2. The first-order chi connectivity index (χ1) is 12.5. The number of thioether (sulfide) groups is 1. The third-order valence-electron chi connectivity index (χ3n) is 4.07. The minimum atomic E-state index is -0.318. The Balaban J connectivity index is 1.84. The van der Waals surface area contributed by atoms with Crippen LogP contribution in [0.4, 0.5) is 5.69 Å². The van der Waals surface area contributed by atoms with E-state index in [4.69, 9.17) is 23.2 Å². The molecule has 1 aliphatic heterocycles. The number of carbonyl (C=O) groups is 2. The van der Waals surface area contributed by atoms with Crippen molar-refractivity contribution in [3.8, 4) is 0 Å². The monoisotopic (exact) mass is 411 g/mol. The second-order valence-corrected chi connectivity index (χ2v) is 8.07. The van der Waals surface area contributed by atoms with E-state index in [-0.39, 0.29) is 11.8 Å². The van der Waals surface area contributed by atoms with Gasteiger partial charge in [0.25, 0.3) is 5.91 Å². The Labute approximate surface area is 166 Å². The SMILES string of the molecule is CCCC(C(=O)NCC1CC1)=C1SC(=Nc2c(Cl)cccc2Cl)NC1=O. The standard InChI is InChI=1S/C18H19Cl2N3O2S/c1-2-4-11(16(24)21-9-10-7-8-10)15-17(25)23-18(26-15)22-14-12(19)5-3-6-13(14)20/h3,5-6,10H,2,4,7-9H2,1H3,(H,21,24)(H,22,23,25). The summed E-state index contributed by atoms with van der Waals surface area (Å²) in [4.78, 5) is 29.7. The van der Waals surface area contributed by atoms with E-state index in [0.717, 1.165) is 31.0 Å². The highest BCUT2D eigenvalue weighted by atomic mass is 35.5. The summed E-state index contributed by atoms with van der Waals surface area (Å²) in [5, 5.41) is 6.79. The number of halogens is 2. The predicted octanol–water partition coefficient (Wildman–Crippen LogP) is 4.42. The molecule has 1 aromatic rings. The average Bonchev–Trinajstić information content (AvgIpc) is 3.36. The minimum absolute atomic E-state index is 0.173. The van der Waals surface area contributed by atoms with Crippen LogP contribution in [0.25, 0.3) is 0 Å². The molecule has 5 nitrogen and oxygen atoms in total. The van der Waals surface area contributed by atoms with Gasteiger partial charge in [-0.15, -0.1) is 0 Å². The molecule has 1 aromatic carbocycles. The minimum Gasteiger partial charge on any atom is -0.352 e. The molecular formula is C18H19Cl2N3O2S. The molecule has 0 bridgehead atoms. The van der Waals surface area contributed by atoms with Crippen molar-refractivity contribution in [3.63, 3.8) is 0 Å². The van der Waals surface area contributed by atoms with Crippen molar-refractivity contribution < 1.29 is 9.59 Å². The number of rotatable bonds is 6. The molecule has 0 radical (unpaired) electrons. The zero-order valence-electron chi connectivity index (χ0n) is 14.3. The molecule has 1 aliphatic carbocycles. The van der Waals surface area contributed by atoms with Crippen molar-refractivity contribution in [1.29, 1.82) is 0 Å². The molecule has 0 atom stereocenters. The molecule has 2 amide bonds. The van der Waals surface area contributed by atoms with E-state index >= 15 is 0 Å². The molecule has 2 fully saturated rings. The van der Waals surface area contributed by atoms with Crippen LogP contribution in [0, 0.1) is 5.92 Å². The van der Waals surface area contributed by atoms with Gasteiger partial charge >= 0.3 is 0 Å². The number of amides is 2. The maximum atomic E-state index is 12.5. The maximum absolute atomic E-state index is 12.5. The van der Waals surface area contributed by atoms with Crippen molar-refractivity contribution in [2.45, 2.75) is 32.6 Å². The lowest BCUT2D eigenvalue weighted by atomic mass is 10.1. The highest BCUT2D eigenvalue weighted by molar-refractivity contribution is 8.18. The van der Waals surface area contributed by atoms with Crippen molar-refractivity contribution in [2.75, 3.05) is 6.54 Å². The number of amidine groups is 1. The summed E-state index contributed by atoms with van der Waals surface area (Å²) >= 11 is 13.4. The van der Waals surface area contributed by atoms with Crippen molar-refractivity contribution in [1.82, 2.24) is 10.6 Å². The van der Waals surface area contributed by atoms with Gasteiger partial charge in [-0.2, -0.15) is 0 Å². The van der Waals surface area contributed by atoms with Gasteiger partial charge in [0.15, 0.2) is 5.17 Å². The summed E-state index contributed by atoms with van der Waals surface area (Å²) in [5.41, 5.74) is 0.904. The lowest BCUT2D eigenvalue weighted by molar-refractivity contribution is -0.119. The lowest BCUT2D eigenvalue weighted by Gasteiger charge is -2.09. The first-order valence-electron chi connectivity index (χ1n) is 8.52. The predicted molar refractivity (Wildman–Crippen MR) is 107 cm³/mol. The number of hydrogen-bond acceptors (Lipinski definition) is 4. The molecule has 138 valence electrons. The summed E-state index contributed by atoms with van der Waals surface area (Å²) in [6.07, 6.45) is 3.62. The summed E-state index contributed by atoms with van der Waals surface area (Å²) in [5.74, 6) is 0.0896. The topological polar surface area (TPSA) is 70.6 Å². The maximum Gasteiger partial charge on any atom is 0.264 e. The number of nitrogens with one attached hydrogen (secondary N) is 2. The molecule has 3 rings (SSSR count). The molecule has 2 N–H and O–H groups in total. The highest BCUT2D eigenvalue weighted by Gasteiger charge is 2.31. The molecule has 0 unspecified atom stereocenters. The van der Waals surface area contributed by atoms with Crippen LogP contribution >= 0.6 is 35.0 Å². The van der Waals surface area contributed by atoms with E-state index in [1.807, 2.05) is 6.92 Å². The third-order valence-corrected chi connectivity index (χ3v) is 5.71. The van der Waals surface area contributed by atoms with Crippen LogP contribution in [0.5, 0.6) is 0 Å². The Kier molecular flexibility index (Phi) is 6.27. The fraction of sp³-hybridized carbons (Fsp3) is 0.389. The first-order valence-corrected chi connectivity index (χ1v) is 10.1. The van der Waals surface area contributed by atoms with E-state index in [0.29, 0.717) is 50.3 Å². The van der Waals surface area contributed by atoms with Crippen LogP contribution in [0.3, 0.4) is 0 Å². The van der Waals surface area contributed by atoms with Crippen LogP contribution < -0.4 is 10.6 Å². The smallest absolute Gasteiger partial charge is 0.264 e. The van der Waals surface area contributed by atoms with E-state index < -0.39 is 0 Å². The third kappa shape index (κ3) is 4.61. The summed E-state index contributed by atoms with van der Waals surface area (Å²) in [6.45, 7) is 2.65. The summed E-state index contributed by atoms with van der Waals surface area (Å²) in [7, 11) is 0. The summed E-state index contributed by atoms with van der Waals surface area (Å²) < 4.78 is 0. The van der Waals surface area contributed by atoms with Gasteiger partial charge in [0.2, 0.25) is 5.91 Å². The van der Waals surface area contributed by atoms with Crippen LogP contribution in [0.15, 0.2) is 33.7 Å². The number of para-hydroxylation sites is 1. The van der Waals surface area contributed by atoms with Crippen molar-refractivity contribution in [2.24, 2.45) is 10.9 Å². The van der Waals surface area contributed by atoms with E-state index in [1.54, 1.807) is 18.2 Å². The second kappa shape index (κ2) is 8.46. The molecule has 1 saturated heterocycles. The van der Waals surface area contributed by atoms with Gasteiger partial charge in [-0.05, 0) is 49.1 Å². The molecule has 0 spiro atoms. The van der Waals surface area contributed by atoms with Crippen molar-refractivity contribution >= 4 is 57.6 Å². The van der Waals surface area contributed by atoms with E-state index in [2.05, 4.69) is 15.6 Å². The van der Waals surface area contributed by atoms with Crippen molar-refractivity contribution in [3.05, 3.63) is 38.7 Å². The number of carbonyl (C=O) groups excluding carboxylic acids is 2.